The van der Waals surface area contributed by atoms with Crippen LogP contribution in [0, 0.1) is 0 Å². The molecule has 0 fully saturated rings. The zero-order chi connectivity index (χ0) is 19.6. The van der Waals surface area contributed by atoms with E-state index >= 15 is 0 Å². The van der Waals surface area contributed by atoms with Gasteiger partial charge in [-0.05, 0) is 23.9 Å². The second kappa shape index (κ2) is 7.40. The lowest BCUT2D eigenvalue weighted by atomic mass is 9.97. The van der Waals surface area contributed by atoms with Crippen molar-refractivity contribution in [1.82, 2.24) is 4.98 Å². The van der Waals surface area contributed by atoms with Gasteiger partial charge < -0.3 is 9.84 Å². The molecule has 0 bridgehead atoms. The van der Waals surface area contributed by atoms with E-state index in [1.54, 1.807) is 47.8 Å². The minimum absolute atomic E-state index is 0.0472. The first-order chi connectivity index (χ1) is 12.8. The first kappa shape index (κ1) is 18.9. The van der Waals surface area contributed by atoms with Gasteiger partial charge in [0.15, 0.2) is 5.69 Å². The molecule has 0 spiro atoms. The number of pyridine rings is 1. The fraction of sp³-hybridized carbons (Fsp3) is 0.158. The lowest BCUT2D eigenvalue weighted by Gasteiger charge is -2.18. The number of hydrogen-bond acceptors (Lipinski definition) is 5. The van der Waals surface area contributed by atoms with Crippen LogP contribution in [0.3, 0.4) is 0 Å². The van der Waals surface area contributed by atoms with Crippen LogP contribution in [0.15, 0.2) is 47.8 Å². The number of carbonyl (C=O) groups excluding carboxylic acids is 1. The number of benzene rings is 1. The topological polar surface area (TPSA) is 59.4 Å². The summed E-state index contributed by atoms with van der Waals surface area (Å²) < 4.78 is 45.6. The van der Waals surface area contributed by atoms with E-state index in [0.717, 1.165) is 0 Å². The molecule has 8 heteroatoms. The Labute approximate surface area is 156 Å². The zero-order valence-electron chi connectivity index (χ0n) is 14.1. The smallest absolute Gasteiger partial charge is 0.434 e. The Bertz CT molecular complexity index is 955. The molecule has 0 amide bonds. The zero-order valence-corrected chi connectivity index (χ0v) is 14.9. The average Bonchev–Trinajstić information content (AvgIpc) is 3.15. The Balaban J connectivity index is 2.41. The van der Waals surface area contributed by atoms with E-state index in [2.05, 4.69) is 4.98 Å². The average molecular weight is 393 g/mol. The fourth-order valence-corrected chi connectivity index (χ4v) is 3.36. The third kappa shape index (κ3) is 3.66. The predicted molar refractivity (Wildman–Crippen MR) is 95.6 cm³/mol. The molecule has 0 atom stereocenters. The van der Waals surface area contributed by atoms with Gasteiger partial charge in [0.1, 0.15) is 11.3 Å². The van der Waals surface area contributed by atoms with Gasteiger partial charge in [0.25, 0.3) is 0 Å². The molecule has 27 heavy (non-hydrogen) atoms. The largest absolute Gasteiger partial charge is 0.506 e. The molecule has 0 aliphatic carbocycles. The molecule has 0 unspecified atom stereocenters. The number of ether oxygens (including phenoxy) is 1. The quantitative estimate of drug-likeness (QED) is 0.605. The summed E-state index contributed by atoms with van der Waals surface area (Å²) in [4.78, 5) is 16.4. The van der Waals surface area contributed by atoms with E-state index in [1.807, 2.05) is 0 Å². The molecule has 0 aliphatic rings. The Hall–Kier alpha value is -2.87. The molecule has 2 heterocycles. The summed E-state index contributed by atoms with van der Waals surface area (Å²) in [5.74, 6) is -2.07. The van der Waals surface area contributed by atoms with Crippen molar-refractivity contribution in [2.45, 2.75) is 13.1 Å². The van der Waals surface area contributed by atoms with Crippen LogP contribution in [0.25, 0.3) is 21.7 Å². The molecule has 2 aromatic heterocycles. The maximum Gasteiger partial charge on any atom is 0.434 e. The van der Waals surface area contributed by atoms with E-state index in [1.165, 1.54) is 18.3 Å². The predicted octanol–water partition coefficient (Wildman–Crippen LogP) is 5.38. The van der Waals surface area contributed by atoms with E-state index < -0.39 is 29.2 Å². The normalized spacial score (nSPS) is 11.4. The van der Waals surface area contributed by atoms with Crippen molar-refractivity contribution < 1.29 is 27.8 Å². The molecule has 0 radical (unpaired) electrons. The molecular weight excluding hydrogens is 379 g/mol. The summed E-state index contributed by atoms with van der Waals surface area (Å²) in [5, 5.41) is 12.4. The summed E-state index contributed by atoms with van der Waals surface area (Å²) in [7, 11) is 0. The fourth-order valence-electron chi connectivity index (χ4n) is 2.64. The van der Waals surface area contributed by atoms with Gasteiger partial charge in [-0.2, -0.15) is 13.2 Å². The maximum atomic E-state index is 13.6. The number of aromatic hydroxyl groups is 1. The molecule has 1 aromatic carbocycles. The Kier molecular flexibility index (Phi) is 5.18. The van der Waals surface area contributed by atoms with Crippen molar-refractivity contribution >= 4 is 17.3 Å². The van der Waals surface area contributed by atoms with Crippen LogP contribution < -0.4 is 0 Å². The number of carbonyl (C=O) groups is 1. The van der Waals surface area contributed by atoms with Crippen LogP contribution in [0.4, 0.5) is 13.2 Å². The molecular formula is C19H14F3NO3S. The Morgan fingerprint density at radius 3 is 2.44 bits per heavy atom. The molecule has 0 saturated heterocycles. The third-order valence-corrected chi connectivity index (χ3v) is 4.61. The number of nitrogens with zero attached hydrogens (tertiary/aromatic N) is 1. The van der Waals surface area contributed by atoms with E-state index in [9.17, 15) is 23.1 Å². The monoisotopic (exact) mass is 393 g/mol. The first-order valence-corrected chi connectivity index (χ1v) is 8.83. The summed E-state index contributed by atoms with van der Waals surface area (Å²) >= 11 is 1.18. The van der Waals surface area contributed by atoms with Crippen molar-refractivity contribution in [3.63, 3.8) is 0 Å². The highest BCUT2D eigenvalue weighted by atomic mass is 32.1. The molecule has 0 aliphatic heterocycles. The molecule has 140 valence electrons. The number of esters is 1. The summed E-state index contributed by atoms with van der Waals surface area (Å²) in [6.07, 6.45) is -4.94. The van der Waals surface area contributed by atoms with Crippen molar-refractivity contribution in [1.29, 1.82) is 0 Å². The number of thiophene rings is 1. The third-order valence-electron chi connectivity index (χ3n) is 3.74. The number of halogens is 3. The molecule has 3 rings (SSSR count). The van der Waals surface area contributed by atoms with Crippen LogP contribution in [0.5, 0.6) is 5.75 Å². The van der Waals surface area contributed by atoms with Crippen LogP contribution in [-0.2, 0) is 10.9 Å². The molecule has 3 aromatic rings. The number of alkyl halides is 3. The second-order valence-electron chi connectivity index (χ2n) is 5.47. The van der Waals surface area contributed by atoms with Crippen LogP contribution in [0.1, 0.15) is 23.0 Å². The van der Waals surface area contributed by atoms with Gasteiger partial charge in [-0.1, -0.05) is 36.4 Å². The standard InChI is InChI=1S/C19H14F3NO3S/c1-2-26-18(25)14-16(24)13(11-7-4-3-5-8-11)15(12-9-6-10-27-12)23-17(14)19(20,21)22/h3-10H,2H2,1H3,(H,23,24). The lowest BCUT2D eigenvalue weighted by Crippen LogP contribution is -2.18. The minimum atomic E-state index is -4.94. The SMILES string of the molecule is CCOC(=O)c1c(C(F)(F)F)nc(-c2cccs2)c(-c2ccccc2)c1O. The van der Waals surface area contributed by atoms with E-state index in [-0.39, 0.29) is 17.9 Å². The van der Waals surface area contributed by atoms with Gasteiger partial charge >= 0.3 is 12.1 Å². The van der Waals surface area contributed by atoms with Gasteiger partial charge in [0.05, 0.1) is 22.7 Å². The van der Waals surface area contributed by atoms with Gasteiger partial charge in [-0.15, -0.1) is 11.3 Å². The number of aromatic nitrogens is 1. The lowest BCUT2D eigenvalue weighted by molar-refractivity contribution is -0.141. The van der Waals surface area contributed by atoms with Crippen molar-refractivity contribution in [2.75, 3.05) is 6.61 Å². The van der Waals surface area contributed by atoms with Gasteiger partial charge in [0.2, 0.25) is 0 Å². The molecule has 1 N–H and O–H groups in total. The van der Waals surface area contributed by atoms with Crippen LogP contribution in [0.2, 0.25) is 0 Å². The maximum absolute atomic E-state index is 13.6. The van der Waals surface area contributed by atoms with Crippen molar-refractivity contribution in [2.24, 2.45) is 0 Å². The summed E-state index contributed by atoms with van der Waals surface area (Å²) in [6, 6.07) is 11.6. The van der Waals surface area contributed by atoms with Gasteiger partial charge in [-0.25, -0.2) is 9.78 Å². The van der Waals surface area contributed by atoms with Crippen molar-refractivity contribution in [3.05, 3.63) is 59.1 Å². The number of rotatable bonds is 4. The highest BCUT2D eigenvalue weighted by Crippen LogP contribution is 2.45. The van der Waals surface area contributed by atoms with Crippen LogP contribution >= 0.6 is 11.3 Å². The first-order valence-electron chi connectivity index (χ1n) is 7.95. The van der Waals surface area contributed by atoms with Gasteiger partial charge in [0, 0.05) is 0 Å². The molecule has 0 saturated carbocycles. The Morgan fingerprint density at radius 2 is 1.89 bits per heavy atom. The second-order valence-corrected chi connectivity index (χ2v) is 6.42. The summed E-state index contributed by atoms with van der Waals surface area (Å²) in [5.41, 5.74) is -2.02. The minimum Gasteiger partial charge on any atom is -0.506 e. The van der Waals surface area contributed by atoms with Crippen molar-refractivity contribution in [3.8, 4) is 27.4 Å². The van der Waals surface area contributed by atoms with Gasteiger partial charge in [-0.3, -0.25) is 0 Å². The van der Waals surface area contributed by atoms with E-state index in [4.69, 9.17) is 4.74 Å². The highest BCUT2D eigenvalue weighted by molar-refractivity contribution is 7.13. The summed E-state index contributed by atoms with van der Waals surface area (Å²) in [6.45, 7) is 1.33. The molecule has 4 nitrogen and oxygen atoms in total. The van der Waals surface area contributed by atoms with E-state index in [0.29, 0.717) is 10.4 Å². The highest BCUT2D eigenvalue weighted by Gasteiger charge is 2.41. The van der Waals surface area contributed by atoms with Crippen LogP contribution in [-0.4, -0.2) is 22.7 Å². The Morgan fingerprint density at radius 1 is 1.19 bits per heavy atom. The number of hydrogen-bond donors (Lipinski definition) is 1.